The van der Waals surface area contributed by atoms with Gasteiger partial charge in [-0.25, -0.2) is 0 Å². The van der Waals surface area contributed by atoms with E-state index in [-0.39, 0.29) is 11.5 Å². The molecule has 0 saturated carbocycles. The second-order valence-corrected chi connectivity index (χ2v) is 9.01. The molecule has 7 heteroatoms. The van der Waals surface area contributed by atoms with Crippen molar-refractivity contribution in [3.05, 3.63) is 58.9 Å². The maximum atomic E-state index is 12.9. The zero-order valence-electron chi connectivity index (χ0n) is 18.9. The molecular formula is C25H29N3O3S. The highest BCUT2D eigenvalue weighted by molar-refractivity contribution is 7.99. The molecule has 0 radical (unpaired) electrons. The highest BCUT2D eigenvalue weighted by atomic mass is 32.2. The summed E-state index contributed by atoms with van der Waals surface area (Å²) in [5.41, 5.74) is 5.22. The highest BCUT2D eigenvalue weighted by Crippen LogP contribution is 2.31. The van der Waals surface area contributed by atoms with E-state index in [1.807, 2.05) is 37.3 Å². The number of rotatable bonds is 9. The van der Waals surface area contributed by atoms with Gasteiger partial charge in [0.15, 0.2) is 5.78 Å². The molecule has 0 bridgehead atoms. The SMILES string of the molecule is COc1ccccc1-c1nnc(SCC(=O)c2cc(C)n(CCC3=CCCCC3)c2C)o1. The molecule has 3 aromatic rings. The number of methoxy groups -OCH3 is 1. The van der Waals surface area contributed by atoms with Crippen LogP contribution in [0.1, 0.15) is 53.8 Å². The van der Waals surface area contributed by atoms with E-state index in [1.54, 1.807) is 12.7 Å². The van der Waals surface area contributed by atoms with Gasteiger partial charge in [-0.05, 0) is 64.2 Å². The summed E-state index contributed by atoms with van der Waals surface area (Å²) in [6.45, 7) is 5.03. The average Bonchev–Trinajstić information content (AvgIpc) is 3.41. The zero-order valence-corrected chi connectivity index (χ0v) is 19.7. The number of ketones is 1. The fourth-order valence-electron chi connectivity index (χ4n) is 4.22. The van der Waals surface area contributed by atoms with Crippen molar-refractivity contribution in [1.29, 1.82) is 0 Å². The van der Waals surface area contributed by atoms with Gasteiger partial charge in [0, 0.05) is 23.5 Å². The van der Waals surface area contributed by atoms with Gasteiger partial charge in [0.25, 0.3) is 11.1 Å². The normalized spacial score (nSPS) is 13.8. The molecule has 1 aliphatic rings. The lowest BCUT2D eigenvalue weighted by Gasteiger charge is -2.15. The number of aryl methyl sites for hydroxylation is 1. The molecule has 0 aliphatic heterocycles. The largest absolute Gasteiger partial charge is 0.496 e. The maximum absolute atomic E-state index is 12.9. The van der Waals surface area contributed by atoms with Crippen LogP contribution in [0.25, 0.3) is 11.5 Å². The number of allylic oxidation sites excluding steroid dienone is 2. The summed E-state index contributed by atoms with van der Waals surface area (Å²) in [5, 5.41) is 8.57. The molecule has 168 valence electrons. The Morgan fingerprint density at radius 1 is 1.22 bits per heavy atom. The molecule has 4 rings (SSSR count). The van der Waals surface area contributed by atoms with Crippen molar-refractivity contribution in [2.75, 3.05) is 12.9 Å². The third-order valence-electron chi connectivity index (χ3n) is 5.99. The van der Waals surface area contributed by atoms with Crippen LogP contribution in [0.4, 0.5) is 0 Å². The summed E-state index contributed by atoms with van der Waals surface area (Å²) in [5.74, 6) is 1.37. The third kappa shape index (κ3) is 4.99. The third-order valence-corrected chi connectivity index (χ3v) is 6.80. The van der Waals surface area contributed by atoms with E-state index in [1.165, 1.54) is 37.4 Å². The van der Waals surface area contributed by atoms with E-state index in [4.69, 9.17) is 9.15 Å². The standard InChI is InChI=1S/C25H29N3O3S/c1-17-15-21(18(2)28(17)14-13-19-9-5-4-6-10-19)22(29)16-32-25-27-26-24(31-25)20-11-7-8-12-23(20)30-3/h7-9,11-12,15H,4-6,10,13-14,16H2,1-3H3. The van der Waals surface area contributed by atoms with E-state index in [2.05, 4.69) is 27.8 Å². The van der Waals surface area contributed by atoms with Crippen LogP contribution < -0.4 is 4.74 Å². The highest BCUT2D eigenvalue weighted by Gasteiger charge is 2.19. The van der Waals surface area contributed by atoms with Gasteiger partial charge in [-0.1, -0.05) is 35.5 Å². The molecule has 0 N–H and O–H groups in total. The number of carbonyl (C=O) groups is 1. The topological polar surface area (TPSA) is 70.2 Å². The summed E-state index contributed by atoms with van der Waals surface area (Å²) in [4.78, 5) is 12.9. The van der Waals surface area contributed by atoms with Gasteiger partial charge in [-0.2, -0.15) is 0 Å². The molecule has 1 aliphatic carbocycles. The Bertz CT molecular complexity index is 1130. The van der Waals surface area contributed by atoms with Crippen LogP contribution in [0.2, 0.25) is 0 Å². The van der Waals surface area contributed by atoms with Gasteiger partial charge in [0.1, 0.15) is 5.75 Å². The fourth-order valence-corrected chi connectivity index (χ4v) is 4.86. The predicted molar refractivity (Wildman–Crippen MR) is 126 cm³/mol. The molecule has 0 saturated heterocycles. The lowest BCUT2D eigenvalue weighted by molar-refractivity contribution is 0.102. The molecule has 2 heterocycles. The van der Waals surface area contributed by atoms with Gasteiger partial charge in [0.05, 0.1) is 18.4 Å². The molecule has 0 unspecified atom stereocenters. The Balaban J connectivity index is 1.39. The minimum atomic E-state index is 0.0725. The molecular weight excluding hydrogens is 422 g/mol. The van der Waals surface area contributed by atoms with Crippen LogP contribution in [0.3, 0.4) is 0 Å². The Labute approximate surface area is 193 Å². The first-order valence-electron chi connectivity index (χ1n) is 11.0. The van der Waals surface area contributed by atoms with E-state index in [0.29, 0.717) is 16.9 Å². The number of hydrogen-bond acceptors (Lipinski definition) is 6. The number of para-hydroxylation sites is 1. The van der Waals surface area contributed by atoms with E-state index >= 15 is 0 Å². The molecule has 0 spiro atoms. The van der Waals surface area contributed by atoms with E-state index < -0.39 is 0 Å². The molecule has 2 aromatic heterocycles. The second kappa shape index (κ2) is 10.2. The summed E-state index contributed by atoms with van der Waals surface area (Å²) in [6, 6.07) is 9.48. The number of benzene rings is 1. The number of carbonyl (C=O) groups excluding carboxylic acids is 1. The lowest BCUT2D eigenvalue weighted by atomic mass is 9.97. The number of thioether (sulfide) groups is 1. The van der Waals surface area contributed by atoms with Crippen LogP contribution >= 0.6 is 11.8 Å². The number of nitrogens with zero attached hydrogens (tertiary/aromatic N) is 3. The van der Waals surface area contributed by atoms with Crippen molar-refractivity contribution in [1.82, 2.24) is 14.8 Å². The van der Waals surface area contributed by atoms with Crippen molar-refractivity contribution in [2.45, 2.75) is 57.7 Å². The van der Waals surface area contributed by atoms with Crippen LogP contribution in [0, 0.1) is 13.8 Å². The molecule has 0 fully saturated rings. The van der Waals surface area contributed by atoms with Crippen molar-refractivity contribution < 1.29 is 13.9 Å². The molecule has 0 amide bonds. The van der Waals surface area contributed by atoms with Gasteiger partial charge < -0.3 is 13.7 Å². The predicted octanol–water partition coefficient (Wildman–Crippen LogP) is 6.03. The first kappa shape index (κ1) is 22.4. The molecule has 1 aromatic carbocycles. The van der Waals surface area contributed by atoms with Crippen molar-refractivity contribution >= 4 is 17.5 Å². The van der Waals surface area contributed by atoms with Gasteiger partial charge >= 0.3 is 0 Å². The van der Waals surface area contributed by atoms with Gasteiger partial charge in [-0.15, -0.1) is 10.2 Å². The van der Waals surface area contributed by atoms with Gasteiger partial charge in [0.2, 0.25) is 0 Å². The van der Waals surface area contributed by atoms with Crippen molar-refractivity contribution in [2.24, 2.45) is 0 Å². The number of ether oxygens (including phenoxy) is 1. The number of Topliss-reactive ketones (excluding diaryl/α,β-unsaturated/α-hetero) is 1. The van der Waals surface area contributed by atoms with E-state index in [0.717, 1.165) is 35.5 Å². The number of aromatic nitrogens is 3. The summed E-state index contributed by atoms with van der Waals surface area (Å²) < 4.78 is 13.4. The van der Waals surface area contributed by atoms with Crippen LogP contribution in [0.5, 0.6) is 5.75 Å². The first-order chi connectivity index (χ1) is 15.6. The number of hydrogen-bond donors (Lipinski definition) is 0. The van der Waals surface area contributed by atoms with Crippen molar-refractivity contribution in [3.63, 3.8) is 0 Å². The Hall–Kier alpha value is -2.80. The quantitative estimate of drug-likeness (QED) is 0.225. The van der Waals surface area contributed by atoms with E-state index in [9.17, 15) is 4.79 Å². The van der Waals surface area contributed by atoms with Crippen molar-refractivity contribution in [3.8, 4) is 17.2 Å². The minimum absolute atomic E-state index is 0.0725. The monoisotopic (exact) mass is 451 g/mol. The summed E-state index contributed by atoms with van der Waals surface area (Å²) in [7, 11) is 1.60. The first-order valence-corrected chi connectivity index (χ1v) is 12.0. The zero-order chi connectivity index (χ0) is 22.5. The molecule has 0 atom stereocenters. The Kier molecular flexibility index (Phi) is 7.15. The van der Waals surface area contributed by atoms with Crippen LogP contribution in [-0.4, -0.2) is 33.4 Å². The van der Waals surface area contributed by atoms with Crippen LogP contribution in [0.15, 0.2) is 51.6 Å². The molecule has 32 heavy (non-hydrogen) atoms. The fraction of sp³-hybridized carbons (Fsp3) is 0.400. The average molecular weight is 452 g/mol. The maximum Gasteiger partial charge on any atom is 0.277 e. The summed E-state index contributed by atoms with van der Waals surface area (Å²) >= 11 is 1.26. The molecule has 6 nitrogen and oxygen atoms in total. The Morgan fingerprint density at radius 3 is 2.84 bits per heavy atom. The smallest absolute Gasteiger partial charge is 0.277 e. The lowest BCUT2D eigenvalue weighted by Crippen LogP contribution is -2.08. The van der Waals surface area contributed by atoms with Crippen LogP contribution in [-0.2, 0) is 6.54 Å². The van der Waals surface area contributed by atoms with Gasteiger partial charge in [-0.3, -0.25) is 4.79 Å². The second-order valence-electron chi connectivity index (χ2n) is 8.08. The Morgan fingerprint density at radius 2 is 2.06 bits per heavy atom. The minimum Gasteiger partial charge on any atom is -0.496 e. The summed E-state index contributed by atoms with van der Waals surface area (Å²) in [6.07, 6.45) is 8.47.